The predicted molar refractivity (Wildman–Crippen MR) is 91.3 cm³/mol. The minimum atomic E-state index is 0. The molecule has 0 heterocycles. The third-order valence-corrected chi connectivity index (χ3v) is 2.70. The standard InChI is InChI=1S/C14H23N3O.HI/c1-12-5-7-13(8-6-12)11-17(3)14(15-2)16-9-10-18-4;/h5-8H,9-11H2,1-4H3,(H,15,16);1H. The number of halogens is 1. The average Bonchev–Trinajstić information content (AvgIpc) is 2.37. The first-order valence-corrected chi connectivity index (χ1v) is 6.13. The van der Waals surface area contributed by atoms with Crippen LogP contribution < -0.4 is 5.32 Å². The van der Waals surface area contributed by atoms with Crippen molar-refractivity contribution in [2.75, 3.05) is 34.4 Å². The molecule has 0 spiro atoms. The van der Waals surface area contributed by atoms with Crippen LogP contribution in [-0.2, 0) is 11.3 Å². The van der Waals surface area contributed by atoms with Crippen LogP contribution in [-0.4, -0.2) is 45.2 Å². The molecule has 1 aromatic rings. The number of aliphatic imine (C=N–C) groups is 1. The van der Waals surface area contributed by atoms with Gasteiger partial charge >= 0.3 is 0 Å². The molecule has 0 atom stereocenters. The molecule has 1 N–H and O–H groups in total. The smallest absolute Gasteiger partial charge is 0.193 e. The van der Waals surface area contributed by atoms with Crippen LogP contribution in [0.15, 0.2) is 29.3 Å². The van der Waals surface area contributed by atoms with Gasteiger partial charge in [-0.05, 0) is 12.5 Å². The maximum Gasteiger partial charge on any atom is 0.193 e. The Morgan fingerprint density at radius 1 is 1.32 bits per heavy atom. The van der Waals surface area contributed by atoms with Crippen LogP contribution in [0.3, 0.4) is 0 Å². The average molecular weight is 377 g/mol. The second-order valence-corrected chi connectivity index (χ2v) is 4.31. The van der Waals surface area contributed by atoms with Crippen LogP contribution in [0.1, 0.15) is 11.1 Å². The Morgan fingerprint density at radius 3 is 2.47 bits per heavy atom. The summed E-state index contributed by atoms with van der Waals surface area (Å²) in [5, 5.41) is 3.25. The van der Waals surface area contributed by atoms with Crippen molar-refractivity contribution < 1.29 is 4.74 Å². The zero-order valence-electron chi connectivity index (χ0n) is 12.1. The number of rotatable bonds is 5. The summed E-state index contributed by atoms with van der Waals surface area (Å²) in [4.78, 5) is 6.35. The number of guanidine groups is 1. The summed E-state index contributed by atoms with van der Waals surface area (Å²) in [6, 6.07) is 8.55. The molecule has 0 aliphatic carbocycles. The molecule has 0 radical (unpaired) electrons. The molecular weight excluding hydrogens is 353 g/mol. The molecule has 108 valence electrons. The summed E-state index contributed by atoms with van der Waals surface area (Å²) in [6.07, 6.45) is 0. The van der Waals surface area contributed by atoms with Gasteiger partial charge in [0.25, 0.3) is 0 Å². The van der Waals surface area contributed by atoms with Crippen LogP contribution in [0.25, 0.3) is 0 Å². The van der Waals surface area contributed by atoms with Gasteiger partial charge in [0.05, 0.1) is 6.61 Å². The zero-order valence-corrected chi connectivity index (χ0v) is 14.5. The van der Waals surface area contributed by atoms with Crippen molar-refractivity contribution in [1.29, 1.82) is 0 Å². The van der Waals surface area contributed by atoms with E-state index in [-0.39, 0.29) is 24.0 Å². The predicted octanol–water partition coefficient (Wildman–Crippen LogP) is 2.27. The Bertz CT molecular complexity index is 379. The highest BCUT2D eigenvalue weighted by molar-refractivity contribution is 14.0. The zero-order chi connectivity index (χ0) is 13.4. The van der Waals surface area contributed by atoms with E-state index in [1.165, 1.54) is 11.1 Å². The number of aryl methyl sites for hydroxylation is 1. The lowest BCUT2D eigenvalue weighted by atomic mass is 10.1. The number of nitrogens with zero attached hydrogens (tertiary/aromatic N) is 2. The van der Waals surface area contributed by atoms with Crippen LogP contribution in [0.5, 0.6) is 0 Å². The molecule has 0 bridgehead atoms. The van der Waals surface area contributed by atoms with Gasteiger partial charge in [-0.2, -0.15) is 0 Å². The molecule has 1 aromatic carbocycles. The molecule has 1 rings (SSSR count). The second-order valence-electron chi connectivity index (χ2n) is 4.31. The van der Waals surface area contributed by atoms with E-state index in [0.717, 1.165) is 19.0 Å². The van der Waals surface area contributed by atoms with E-state index in [9.17, 15) is 0 Å². The normalized spacial score (nSPS) is 10.8. The molecule has 0 unspecified atom stereocenters. The van der Waals surface area contributed by atoms with Gasteiger partial charge in [-0.25, -0.2) is 0 Å². The molecule has 4 nitrogen and oxygen atoms in total. The van der Waals surface area contributed by atoms with E-state index in [0.29, 0.717) is 6.61 Å². The summed E-state index contributed by atoms with van der Waals surface area (Å²) in [5.41, 5.74) is 2.56. The first-order valence-electron chi connectivity index (χ1n) is 6.13. The molecule has 0 aliphatic heterocycles. The summed E-state index contributed by atoms with van der Waals surface area (Å²) in [5.74, 6) is 0.882. The quantitative estimate of drug-likeness (QED) is 0.370. The molecule has 0 aromatic heterocycles. The molecule has 0 aliphatic rings. The van der Waals surface area contributed by atoms with Gasteiger partial charge in [-0.15, -0.1) is 24.0 Å². The van der Waals surface area contributed by atoms with Gasteiger partial charge in [0.2, 0.25) is 0 Å². The highest BCUT2D eigenvalue weighted by Crippen LogP contribution is 2.05. The van der Waals surface area contributed by atoms with Crippen molar-refractivity contribution in [2.24, 2.45) is 4.99 Å². The Hall–Kier alpha value is -0.820. The fourth-order valence-electron chi connectivity index (χ4n) is 1.69. The summed E-state index contributed by atoms with van der Waals surface area (Å²) in [6.45, 7) is 4.38. The number of methoxy groups -OCH3 is 1. The first-order chi connectivity index (χ1) is 8.67. The Labute approximate surface area is 133 Å². The number of benzene rings is 1. The lowest BCUT2D eigenvalue weighted by molar-refractivity contribution is 0.203. The van der Waals surface area contributed by atoms with Gasteiger partial charge in [-0.3, -0.25) is 4.99 Å². The second kappa shape index (κ2) is 10.0. The van der Waals surface area contributed by atoms with Crippen LogP contribution in [0.2, 0.25) is 0 Å². The van der Waals surface area contributed by atoms with Gasteiger partial charge < -0.3 is 15.0 Å². The minimum absolute atomic E-state index is 0. The van der Waals surface area contributed by atoms with E-state index in [1.807, 2.05) is 7.05 Å². The molecule has 5 heteroatoms. The van der Waals surface area contributed by atoms with Crippen LogP contribution in [0, 0.1) is 6.92 Å². The largest absolute Gasteiger partial charge is 0.383 e. The molecule has 19 heavy (non-hydrogen) atoms. The SMILES string of the molecule is CN=C(NCCOC)N(C)Cc1ccc(C)cc1.I. The van der Waals surface area contributed by atoms with E-state index in [1.54, 1.807) is 14.2 Å². The monoisotopic (exact) mass is 377 g/mol. The lowest BCUT2D eigenvalue weighted by Crippen LogP contribution is -2.39. The third-order valence-electron chi connectivity index (χ3n) is 2.70. The van der Waals surface area contributed by atoms with Gasteiger partial charge in [0.1, 0.15) is 0 Å². The van der Waals surface area contributed by atoms with Crippen molar-refractivity contribution in [1.82, 2.24) is 10.2 Å². The van der Waals surface area contributed by atoms with Crippen molar-refractivity contribution in [3.05, 3.63) is 35.4 Å². The molecule has 0 saturated carbocycles. The van der Waals surface area contributed by atoms with Gasteiger partial charge in [-0.1, -0.05) is 29.8 Å². The van der Waals surface area contributed by atoms with Crippen molar-refractivity contribution >= 4 is 29.9 Å². The Morgan fingerprint density at radius 2 is 1.95 bits per heavy atom. The van der Waals surface area contributed by atoms with Crippen LogP contribution in [0.4, 0.5) is 0 Å². The van der Waals surface area contributed by atoms with E-state index in [4.69, 9.17) is 4.74 Å². The molecule has 0 saturated heterocycles. The highest BCUT2D eigenvalue weighted by Gasteiger charge is 2.05. The van der Waals surface area contributed by atoms with Crippen molar-refractivity contribution in [2.45, 2.75) is 13.5 Å². The van der Waals surface area contributed by atoms with Crippen LogP contribution >= 0.6 is 24.0 Å². The van der Waals surface area contributed by atoms with E-state index < -0.39 is 0 Å². The highest BCUT2D eigenvalue weighted by atomic mass is 127. The third kappa shape index (κ3) is 6.77. The van der Waals surface area contributed by atoms with E-state index >= 15 is 0 Å². The lowest BCUT2D eigenvalue weighted by Gasteiger charge is -2.22. The number of nitrogens with one attached hydrogen (secondary N) is 1. The number of hydrogen-bond acceptors (Lipinski definition) is 2. The Balaban J connectivity index is 0.00000324. The molecular formula is C14H24IN3O. The Kier molecular flexibility index (Phi) is 9.59. The fraction of sp³-hybridized carbons (Fsp3) is 0.500. The van der Waals surface area contributed by atoms with Gasteiger partial charge in [0, 0.05) is 34.3 Å². The van der Waals surface area contributed by atoms with Gasteiger partial charge in [0.15, 0.2) is 5.96 Å². The first kappa shape index (κ1) is 18.2. The summed E-state index contributed by atoms with van der Waals surface area (Å²) in [7, 11) is 5.52. The number of hydrogen-bond donors (Lipinski definition) is 1. The fourth-order valence-corrected chi connectivity index (χ4v) is 1.69. The van der Waals surface area contributed by atoms with Crippen molar-refractivity contribution in [3.63, 3.8) is 0 Å². The summed E-state index contributed by atoms with van der Waals surface area (Å²) < 4.78 is 5.01. The number of ether oxygens (including phenoxy) is 1. The van der Waals surface area contributed by atoms with Crippen molar-refractivity contribution in [3.8, 4) is 0 Å². The maximum absolute atomic E-state index is 5.01. The maximum atomic E-state index is 5.01. The van der Waals surface area contributed by atoms with E-state index in [2.05, 4.69) is 46.4 Å². The minimum Gasteiger partial charge on any atom is -0.383 e. The summed E-state index contributed by atoms with van der Waals surface area (Å²) >= 11 is 0. The molecule has 0 amide bonds. The molecule has 0 fully saturated rings. The topological polar surface area (TPSA) is 36.9 Å².